The summed E-state index contributed by atoms with van der Waals surface area (Å²) in [4.78, 5) is 49.8. The number of Topliss-reactive ketones (excluding diaryl/α,β-unsaturated/α-hetero) is 2. The lowest BCUT2D eigenvalue weighted by Gasteiger charge is -2.20. The zero-order valence-corrected chi connectivity index (χ0v) is 22.0. The molecule has 0 unspecified atom stereocenters. The predicted octanol–water partition coefficient (Wildman–Crippen LogP) is 5.67. The van der Waals surface area contributed by atoms with Gasteiger partial charge in [0.15, 0.2) is 5.78 Å². The van der Waals surface area contributed by atoms with Crippen molar-refractivity contribution >= 4 is 39.8 Å². The van der Waals surface area contributed by atoms with Crippen LogP contribution in [0, 0.1) is 5.92 Å². The first-order chi connectivity index (χ1) is 18.2. The second kappa shape index (κ2) is 13.3. The van der Waals surface area contributed by atoms with Gasteiger partial charge < -0.3 is 10.1 Å². The van der Waals surface area contributed by atoms with Crippen molar-refractivity contribution < 1.29 is 23.9 Å². The van der Waals surface area contributed by atoms with E-state index in [0.717, 1.165) is 5.39 Å². The molecule has 0 heterocycles. The molecule has 3 aromatic rings. The molecule has 6 nitrogen and oxygen atoms in total. The molecule has 2 atom stereocenters. The van der Waals surface area contributed by atoms with Crippen LogP contribution in [0.1, 0.15) is 54.1 Å². The first-order valence-corrected chi connectivity index (χ1v) is 12.6. The third kappa shape index (κ3) is 6.91. The van der Waals surface area contributed by atoms with Gasteiger partial charge >= 0.3 is 5.97 Å². The Morgan fingerprint density at radius 1 is 0.921 bits per heavy atom. The van der Waals surface area contributed by atoms with E-state index in [1.165, 1.54) is 24.1 Å². The van der Waals surface area contributed by atoms with Gasteiger partial charge in [-0.25, -0.2) is 4.79 Å². The number of benzene rings is 3. The number of hydrogen-bond donors (Lipinski definition) is 1. The first kappa shape index (κ1) is 28.3. The molecular formula is C32H33NO5. The molecule has 0 aliphatic rings. The number of amides is 1. The molecule has 3 aromatic carbocycles. The number of hydrogen-bond acceptors (Lipinski definition) is 5. The Balaban J connectivity index is 1.69. The van der Waals surface area contributed by atoms with Gasteiger partial charge in [0, 0.05) is 29.7 Å². The third-order valence-corrected chi connectivity index (χ3v) is 6.56. The summed E-state index contributed by atoms with van der Waals surface area (Å²) in [6, 6.07) is 21.2. The van der Waals surface area contributed by atoms with Crippen LogP contribution in [0.3, 0.4) is 0 Å². The van der Waals surface area contributed by atoms with Crippen LogP contribution in [0.2, 0.25) is 0 Å². The maximum absolute atomic E-state index is 13.5. The zero-order valence-electron chi connectivity index (χ0n) is 22.0. The molecule has 1 amide bonds. The Morgan fingerprint density at radius 2 is 1.58 bits per heavy atom. The van der Waals surface area contributed by atoms with Gasteiger partial charge in [-0.05, 0) is 40.7 Å². The number of methoxy groups -OCH3 is 1. The van der Waals surface area contributed by atoms with Gasteiger partial charge in [-0.3, -0.25) is 14.4 Å². The van der Waals surface area contributed by atoms with Gasteiger partial charge in [0.05, 0.1) is 7.11 Å². The number of esters is 1. The minimum atomic E-state index is -0.818. The third-order valence-electron chi connectivity index (χ3n) is 6.56. The Hall–Kier alpha value is -4.32. The summed E-state index contributed by atoms with van der Waals surface area (Å²) in [7, 11) is 1.27. The molecule has 0 radical (unpaired) electrons. The molecule has 0 aliphatic heterocycles. The lowest BCUT2D eigenvalue weighted by atomic mass is 9.83. The van der Waals surface area contributed by atoms with Gasteiger partial charge in [-0.1, -0.05) is 93.2 Å². The van der Waals surface area contributed by atoms with E-state index in [-0.39, 0.29) is 29.7 Å². The average Bonchev–Trinajstić information content (AvgIpc) is 2.94. The van der Waals surface area contributed by atoms with E-state index >= 15 is 0 Å². The van der Waals surface area contributed by atoms with Crippen LogP contribution >= 0.6 is 0 Å². The molecule has 1 N–H and O–H groups in total. The van der Waals surface area contributed by atoms with Crippen molar-refractivity contribution in [2.45, 2.75) is 32.6 Å². The smallest absolute Gasteiger partial charge is 0.330 e. The van der Waals surface area contributed by atoms with Crippen molar-refractivity contribution in [3.63, 3.8) is 0 Å². The van der Waals surface area contributed by atoms with Crippen molar-refractivity contribution in [1.29, 1.82) is 0 Å². The number of carbonyl (C=O) groups is 4. The normalized spacial score (nSPS) is 12.6. The summed E-state index contributed by atoms with van der Waals surface area (Å²) in [5.41, 5.74) is 1.88. The fourth-order valence-electron chi connectivity index (χ4n) is 4.53. The molecule has 0 bridgehead atoms. The van der Waals surface area contributed by atoms with Crippen molar-refractivity contribution in [1.82, 2.24) is 5.32 Å². The molecule has 6 heteroatoms. The molecule has 196 valence electrons. The number of rotatable bonds is 12. The minimum absolute atomic E-state index is 0.0362. The van der Waals surface area contributed by atoms with E-state index in [4.69, 9.17) is 0 Å². The van der Waals surface area contributed by atoms with Crippen molar-refractivity contribution in [2.24, 2.45) is 5.92 Å². The largest absolute Gasteiger partial charge is 0.466 e. The van der Waals surface area contributed by atoms with Crippen LogP contribution in [-0.4, -0.2) is 37.1 Å². The highest BCUT2D eigenvalue weighted by Gasteiger charge is 2.26. The van der Waals surface area contributed by atoms with Crippen molar-refractivity contribution in [3.05, 3.63) is 102 Å². The van der Waals surface area contributed by atoms with E-state index in [1.54, 1.807) is 30.3 Å². The second-order valence-electron chi connectivity index (χ2n) is 9.29. The molecule has 38 heavy (non-hydrogen) atoms. The molecule has 0 fully saturated rings. The summed E-state index contributed by atoms with van der Waals surface area (Å²) < 4.78 is 4.50. The summed E-state index contributed by atoms with van der Waals surface area (Å²) in [6.07, 6.45) is 3.76. The fraction of sp³-hybridized carbons (Fsp3) is 0.250. The van der Waals surface area contributed by atoms with Gasteiger partial charge in [0.1, 0.15) is 0 Å². The Bertz CT molecular complexity index is 1380. The van der Waals surface area contributed by atoms with Gasteiger partial charge in [0.2, 0.25) is 5.78 Å². The van der Waals surface area contributed by atoms with Crippen LogP contribution in [0.15, 0.2) is 85.5 Å². The molecule has 0 aliphatic carbocycles. The molecular weight excluding hydrogens is 478 g/mol. The van der Waals surface area contributed by atoms with Crippen LogP contribution in [-0.2, 0) is 19.1 Å². The Kier molecular flexibility index (Phi) is 9.88. The van der Waals surface area contributed by atoms with E-state index < -0.39 is 17.7 Å². The lowest BCUT2D eigenvalue weighted by molar-refractivity contribution is -0.134. The number of nitrogens with one attached hydrogen (secondary N) is 1. The number of ketones is 2. The SMILES string of the molecule is C=C(C(=O)C(=O)NCC/C=C/C(=O)OC)c1ccccc1C(=O)[C@@H](C)C[C@H](C)c1cccc2ccccc12. The zero-order chi connectivity index (χ0) is 27.7. The van der Waals surface area contributed by atoms with E-state index in [0.29, 0.717) is 24.0 Å². The van der Waals surface area contributed by atoms with Gasteiger partial charge in [-0.15, -0.1) is 0 Å². The standard InChI is InChI=1S/C32H33NO5/c1-21(25-17-11-13-24-12-5-6-15-27(24)25)20-22(2)30(35)28-16-8-7-14-26(28)23(3)31(36)32(37)33-19-10-9-18-29(34)38-4/h5-9,11-18,21-22H,3,10,19-20H2,1-2,4H3,(H,33,37)/b18-9+/t21-,22-/m0/s1. The Morgan fingerprint density at radius 3 is 2.32 bits per heavy atom. The summed E-state index contributed by atoms with van der Waals surface area (Å²) in [5, 5.41) is 4.85. The van der Waals surface area contributed by atoms with E-state index in [2.05, 4.69) is 47.8 Å². The van der Waals surface area contributed by atoms with E-state index in [9.17, 15) is 19.2 Å². The highest BCUT2D eigenvalue weighted by molar-refractivity contribution is 6.53. The summed E-state index contributed by atoms with van der Waals surface area (Å²) >= 11 is 0. The Labute approximate surface area is 223 Å². The molecule has 0 saturated heterocycles. The summed E-state index contributed by atoms with van der Waals surface area (Å²) in [5.74, 6) is -2.40. The average molecular weight is 512 g/mol. The highest BCUT2D eigenvalue weighted by Crippen LogP contribution is 2.32. The van der Waals surface area contributed by atoms with Crippen LogP contribution in [0.5, 0.6) is 0 Å². The summed E-state index contributed by atoms with van der Waals surface area (Å²) in [6.45, 7) is 8.00. The number of ether oxygens (including phenoxy) is 1. The van der Waals surface area contributed by atoms with Crippen LogP contribution in [0.4, 0.5) is 0 Å². The maximum Gasteiger partial charge on any atom is 0.330 e. The molecule has 0 aromatic heterocycles. The topological polar surface area (TPSA) is 89.5 Å². The molecule has 0 saturated carbocycles. The predicted molar refractivity (Wildman–Crippen MR) is 150 cm³/mol. The second-order valence-corrected chi connectivity index (χ2v) is 9.29. The molecule has 3 rings (SSSR count). The quantitative estimate of drug-likeness (QED) is 0.111. The van der Waals surface area contributed by atoms with Crippen molar-refractivity contribution in [2.75, 3.05) is 13.7 Å². The van der Waals surface area contributed by atoms with Crippen molar-refractivity contribution in [3.8, 4) is 0 Å². The maximum atomic E-state index is 13.5. The van der Waals surface area contributed by atoms with Crippen LogP contribution in [0.25, 0.3) is 16.3 Å². The van der Waals surface area contributed by atoms with Crippen LogP contribution < -0.4 is 5.32 Å². The number of carbonyl (C=O) groups excluding carboxylic acids is 4. The number of fused-ring (bicyclic) bond motifs is 1. The minimum Gasteiger partial charge on any atom is -0.466 e. The van der Waals surface area contributed by atoms with Gasteiger partial charge in [0.25, 0.3) is 5.91 Å². The van der Waals surface area contributed by atoms with E-state index in [1.807, 2.05) is 25.1 Å². The monoisotopic (exact) mass is 511 g/mol. The lowest BCUT2D eigenvalue weighted by Crippen LogP contribution is -2.32. The fourth-order valence-corrected chi connectivity index (χ4v) is 4.53. The first-order valence-electron chi connectivity index (χ1n) is 12.6. The molecule has 0 spiro atoms. The highest BCUT2D eigenvalue weighted by atomic mass is 16.5. The van der Waals surface area contributed by atoms with Gasteiger partial charge in [-0.2, -0.15) is 0 Å².